The smallest absolute Gasteiger partial charge is 0.418 e. The molecule has 0 spiro atoms. The van der Waals surface area contributed by atoms with Gasteiger partial charge in [0.2, 0.25) is 11.8 Å². The van der Waals surface area contributed by atoms with Crippen LogP contribution in [0.15, 0.2) is 24.3 Å². The molecule has 0 aromatic heterocycles. The summed E-state index contributed by atoms with van der Waals surface area (Å²) in [6.07, 6.45) is -5.12. The number of carboxylic acid groups (broad SMARTS) is 1. The SMILES string of the molecule is O=C(O)CCSC1CC(=O)N(c2ccccc2C(F)(F)F)C1=O. The van der Waals surface area contributed by atoms with Crippen LogP contribution in [0.25, 0.3) is 0 Å². The molecule has 1 aliphatic heterocycles. The number of halogens is 3. The van der Waals surface area contributed by atoms with Crippen LogP contribution >= 0.6 is 11.8 Å². The first-order valence-electron chi connectivity index (χ1n) is 6.58. The first-order valence-corrected chi connectivity index (χ1v) is 7.63. The first-order chi connectivity index (χ1) is 10.7. The molecule has 1 fully saturated rings. The lowest BCUT2D eigenvalue weighted by molar-refractivity contribution is -0.138. The Kier molecular flexibility index (Phi) is 4.98. The minimum atomic E-state index is -4.69. The van der Waals surface area contributed by atoms with Crippen molar-refractivity contribution in [2.75, 3.05) is 10.7 Å². The maximum Gasteiger partial charge on any atom is 0.418 e. The van der Waals surface area contributed by atoms with Gasteiger partial charge < -0.3 is 5.11 Å². The van der Waals surface area contributed by atoms with E-state index < -0.39 is 40.5 Å². The molecule has 9 heteroatoms. The summed E-state index contributed by atoms with van der Waals surface area (Å²) < 4.78 is 39.1. The normalized spacial score (nSPS) is 18.6. The molecule has 5 nitrogen and oxygen atoms in total. The number of carboxylic acids is 1. The van der Waals surface area contributed by atoms with E-state index in [2.05, 4.69) is 0 Å². The van der Waals surface area contributed by atoms with Gasteiger partial charge >= 0.3 is 12.1 Å². The van der Waals surface area contributed by atoms with E-state index in [-0.39, 0.29) is 18.6 Å². The standard InChI is InChI=1S/C14H12F3NO4S/c15-14(16,17)8-3-1-2-4-9(8)18-11(19)7-10(13(18)22)23-6-5-12(20)21/h1-4,10H,5-7H2,(H,20,21). The van der Waals surface area contributed by atoms with Crippen LogP contribution in [0.4, 0.5) is 18.9 Å². The van der Waals surface area contributed by atoms with E-state index in [1.54, 1.807) is 0 Å². The van der Waals surface area contributed by atoms with Crippen LogP contribution in [-0.2, 0) is 20.6 Å². The zero-order chi connectivity index (χ0) is 17.2. The van der Waals surface area contributed by atoms with Crippen LogP contribution < -0.4 is 4.90 Å². The summed E-state index contributed by atoms with van der Waals surface area (Å²) in [7, 11) is 0. The Hall–Kier alpha value is -2.03. The molecule has 0 radical (unpaired) electrons. The number of alkyl halides is 3. The summed E-state index contributed by atoms with van der Waals surface area (Å²) in [6, 6.07) is 4.37. The summed E-state index contributed by atoms with van der Waals surface area (Å²) in [6.45, 7) is 0. The lowest BCUT2D eigenvalue weighted by Crippen LogP contribution is -2.33. The van der Waals surface area contributed by atoms with Gasteiger partial charge in [-0.1, -0.05) is 12.1 Å². The van der Waals surface area contributed by atoms with Crippen molar-refractivity contribution in [3.05, 3.63) is 29.8 Å². The Morgan fingerprint density at radius 3 is 2.57 bits per heavy atom. The minimum absolute atomic E-state index is 0.105. The molecule has 1 aliphatic rings. The molecular formula is C14H12F3NO4S. The summed E-state index contributed by atoms with van der Waals surface area (Å²) in [4.78, 5) is 35.2. The predicted molar refractivity (Wildman–Crippen MR) is 77.1 cm³/mol. The first kappa shape index (κ1) is 17.3. The molecule has 1 aromatic carbocycles. The summed E-state index contributed by atoms with van der Waals surface area (Å²) >= 11 is 0.962. The minimum Gasteiger partial charge on any atom is -0.481 e. The van der Waals surface area contributed by atoms with Gasteiger partial charge in [-0.15, -0.1) is 11.8 Å². The largest absolute Gasteiger partial charge is 0.481 e. The maximum absolute atomic E-state index is 13.0. The summed E-state index contributed by atoms with van der Waals surface area (Å²) in [5, 5.41) is 7.70. The highest BCUT2D eigenvalue weighted by Crippen LogP contribution is 2.39. The van der Waals surface area contributed by atoms with Crippen molar-refractivity contribution in [2.24, 2.45) is 0 Å². The number of carbonyl (C=O) groups is 3. The summed E-state index contributed by atoms with van der Waals surface area (Å²) in [5.74, 6) is -2.41. The fourth-order valence-electron chi connectivity index (χ4n) is 2.18. The molecule has 124 valence electrons. The van der Waals surface area contributed by atoms with E-state index in [9.17, 15) is 27.6 Å². The Bertz CT molecular complexity index is 647. The predicted octanol–water partition coefficient (Wildman–Crippen LogP) is 2.55. The average molecular weight is 347 g/mol. The van der Waals surface area contributed by atoms with Crippen LogP contribution in [0.3, 0.4) is 0 Å². The van der Waals surface area contributed by atoms with Gasteiger partial charge in [0, 0.05) is 12.2 Å². The molecule has 1 aromatic rings. The van der Waals surface area contributed by atoms with Gasteiger partial charge in [0.05, 0.1) is 22.9 Å². The van der Waals surface area contributed by atoms with Gasteiger partial charge in [-0.2, -0.15) is 13.2 Å². The maximum atomic E-state index is 13.0. The highest BCUT2D eigenvalue weighted by Gasteiger charge is 2.44. The second-order valence-corrected chi connectivity index (χ2v) is 6.10. The Balaban J connectivity index is 2.23. The quantitative estimate of drug-likeness (QED) is 0.829. The number of amides is 2. The average Bonchev–Trinajstić information content (AvgIpc) is 2.72. The van der Waals surface area contributed by atoms with E-state index >= 15 is 0 Å². The highest BCUT2D eigenvalue weighted by atomic mass is 32.2. The molecule has 0 aliphatic carbocycles. The second-order valence-electron chi connectivity index (χ2n) is 4.79. The summed E-state index contributed by atoms with van der Waals surface area (Å²) in [5.41, 5.74) is -1.55. The topological polar surface area (TPSA) is 74.7 Å². The molecule has 1 unspecified atom stereocenters. The third-order valence-corrected chi connectivity index (χ3v) is 4.40. The number of rotatable bonds is 5. The molecule has 2 amide bonds. The zero-order valence-electron chi connectivity index (χ0n) is 11.7. The molecule has 23 heavy (non-hydrogen) atoms. The molecule has 1 saturated heterocycles. The molecule has 1 atom stereocenters. The zero-order valence-corrected chi connectivity index (χ0v) is 12.5. The van der Waals surface area contributed by atoms with Gasteiger partial charge in [0.1, 0.15) is 0 Å². The van der Waals surface area contributed by atoms with Crippen molar-refractivity contribution in [3.63, 3.8) is 0 Å². The number of hydrogen-bond acceptors (Lipinski definition) is 4. The van der Waals surface area contributed by atoms with Crippen molar-refractivity contribution in [1.82, 2.24) is 0 Å². The van der Waals surface area contributed by atoms with Crippen molar-refractivity contribution in [1.29, 1.82) is 0 Å². The number of carbonyl (C=O) groups excluding carboxylic acids is 2. The van der Waals surface area contributed by atoms with Gasteiger partial charge in [0.15, 0.2) is 0 Å². The number of anilines is 1. The molecule has 0 bridgehead atoms. The van der Waals surface area contributed by atoms with Crippen molar-refractivity contribution in [2.45, 2.75) is 24.3 Å². The molecule has 2 rings (SSSR count). The Morgan fingerprint density at radius 1 is 1.30 bits per heavy atom. The number of hydrogen-bond donors (Lipinski definition) is 1. The van der Waals surface area contributed by atoms with E-state index in [4.69, 9.17) is 5.11 Å². The Labute approximate surface area is 133 Å². The number of imide groups is 1. The highest BCUT2D eigenvalue weighted by molar-refractivity contribution is 8.00. The molecule has 1 heterocycles. The van der Waals surface area contributed by atoms with Crippen LogP contribution in [0.5, 0.6) is 0 Å². The second kappa shape index (κ2) is 6.61. The number of nitrogens with zero attached hydrogens (tertiary/aromatic N) is 1. The third kappa shape index (κ3) is 3.84. The molecule has 0 saturated carbocycles. The third-order valence-electron chi connectivity index (χ3n) is 3.19. The fraction of sp³-hybridized carbons (Fsp3) is 0.357. The van der Waals surface area contributed by atoms with Crippen molar-refractivity contribution in [3.8, 4) is 0 Å². The van der Waals surface area contributed by atoms with Crippen LogP contribution in [0, 0.1) is 0 Å². The number of benzene rings is 1. The number of thioether (sulfide) groups is 1. The number of para-hydroxylation sites is 1. The molecular weight excluding hydrogens is 335 g/mol. The lowest BCUT2D eigenvalue weighted by Gasteiger charge is -2.20. The van der Waals surface area contributed by atoms with Crippen molar-refractivity contribution < 1.29 is 32.7 Å². The van der Waals surface area contributed by atoms with Crippen LogP contribution in [0.1, 0.15) is 18.4 Å². The van der Waals surface area contributed by atoms with E-state index in [1.807, 2.05) is 0 Å². The van der Waals surface area contributed by atoms with Gasteiger partial charge in [-0.25, -0.2) is 4.90 Å². The van der Waals surface area contributed by atoms with Crippen molar-refractivity contribution >= 4 is 35.2 Å². The van der Waals surface area contributed by atoms with Gasteiger partial charge in [-0.3, -0.25) is 14.4 Å². The van der Waals surface area contributed by atoms with Crippen LogP contribution in [0.2, 0.25) is 0 Å². The van der Waals surface area contributed by atoms with E-state index in [0.29, 0.717) is 4.90 Å². The number of aliphatic carboxylic acids is 1. The fourth-order valence-corrected chi connectivity index (χ4v) is 3.27. The monoisotopic (exact) mass is 347 g/mol. The van der Waals surface area contributed by atoms with Gasteiger partial charge in [-0.05, 0) is 12.1 Å². The Morgan fingerprint density at radius 2 is 1.96 bits per heavy atom. The van der Waals surface area contributed by atoms with E-state index in [0.717, 1.165) is 23.9 Å². The van der Waals surface area contributed by atoms with Crippen LogP contribution in [-0.4, -0.2) is 33.9 Å². The van der Waals surface area contributed by atoms with E-state index in [1.165, 1.54) is 12.1 Å². The lowest BCUT2D eigenvalue weighted by atomic mass is 10.1. The molecule has 1 N–H and O–H groups in total. The van der Waals surface area contributed by atoms with Gasteiger partial charge in [0.25, 0.3) is 0 Å².